The van der Waals surface area contributed by atoms with Crippen molar-refractivity contribution in [1.29, 1.82) is 0 Å². The van der Waals surface area contributed by atoms with E-state index in [4.69, 9.17) is 18.9 Å². The number of rotatable bonds is 56. The molecule has 0 radical (unpaired) electrons. The Balaban J connectivity index is 4.16. The fourth-order valence-corrected chi connectivity index (χ4v) is 8.71. The minimum atomic E-state index is -1.63. The largest absolute Gasteiger partial charge is 0.545 e. The van der Waals surface area contributed by atoms with Gasteiger partial charge in [0.25, 0.3) is 0 Å². The minimum absolute atomic E-state index is 0.145. The smallest absolute Gasteiger partial charge is 0.306 e. The summed E-state index contributed by atoms with van der Waals surface area (Å²) in [6.07, 6.45) is 64.6. The summed E-state index contributed by atoms with van der Waals surface area (Å²) < 4.78 is 22.7. The quantitative estimate of drug-likeness (QED) is 0.0195. The SMILES string of the molecule is CC/C=C\C/C=C\C/C=C\C/C=C\CCCCCCCCC(=O)OC(COC(=O)CCCCCCCCCCCCCCCCCCCCCCCCCCCCCC)COC(OCC[N+](C)(C)C)C(=O)[O-]. The zero-order valence-electron chi connectivity index (χ0n) is 47.8. The molecule has 0 rings (SSSR count). The van der Waals surface area contributed by atoms with Crippen molar-refractivity contribution in [2.24, 2.45) is 0 Å². The number of hydrogen-bond donors (Lipinski definition) is 0. The molecular weight excluding hydrogens is 899 g/mol. The Morgan fingerprint density at radius 3 is 1.18 bits per heavy atom. The number of carbonyl (C=O) groups is 3. The number of quaternary nitrogens is 1. The van der Waals surface area contributed by atoms with E-state index in [9.17, 15) is 19.5 Å². The highest BCUT2D eigenvalue weighted by Crippen LogP contribution is 2.17. The first kappa shape index (κ1) is 69.2. The number of esters is 2. The number of carboxylic acids is 1. The summed E-state index contributed by atoms with van der Waals surface area (Å²) in [5, 5.41) is 11.8. The molecule has 0 aromatic heterocycles. The van der Waals surface area contributed by atoms with Crippen LogP contribution in [0.4, 0.5) is 0 Å². The van der Waals surface area contributed by atoms with E-state index >= 15 is 0 Å². The van der Waals surface area contributed by atoms with Gasteiger partial charge in [0.1, 0.15) is 13.2 Å². The van der Waals surface area contributed by atoms with Gasteiger partial charge in [0.2, 0.25) is 0 Å². The standard InChI is InChI=1S/C63H115NO8/c1-6-8-10-12-14-16-18-20-22-24-26-27-28-29-30-31-32-33-34-36-37-39-41-43-45-47-49-51-53-60(65)70-57-59(58-71-63(62(67)68)69-56-55-64(3,4)5)72-61(66)54-52-50-48-46-44-42-40-38-35-25-23-21-19-17-15-13-11-9-7-2/h9,11,15,17,21,23,35,38,59,63H,6-8,10,12-14,16,18-20,22,24-34,36-37,39-58H2,1-5H3/b11-9-,17-15-,23-21-,38-35-. The van der Waals surface area contributed by atoms with Crippen molar-refractivity contribution in [1.82, 2.24) is 0 Å². The molecule has 9 nitrogen and oxygen atoms in total. The monoisotopic (exact) mass is 1010 g/mol. The first-order chi connectivity index (χ1) is 35.1. The van der Waals surface area contributed by atoms with E-state index in [0.717, 1.165) is 83.5 Å². The Morgan fingerprint density at radius 1 is 0.431 bits per heavy atom. The molecule has 0 aromatic carbocycles. The molecule has 0 saturated carbocycles. The third-order valence-electron chi connectivity index (χ3n) is 13.3. The summed E-state index contributed by atoms with van der Waals surface area (Å²) in [5.74, 6) is -2.29. The molecule has 0 aromatic rings. The number of nitrogens with zero attached hydrogens (tertiary/aromatic N) is 1. The van der Waals surface area contributed by atoms with Crippen molar-refractivity contribution in [2.75, 3.05) is 47.5 Å². The lowest BCUT2D eigenvalue weighted by Gasteiger charge is -2.26. The van der Waals surface area contributed by atoms with Crippen LogP contribution in [0.15, 0.2) is 48.6 Å². The van der Waals surface area contributed by atoms with Crippen molar-refractivity contribution >= 4 is 17.9 Å². The van der Waals surface area contributed by atoms with Crippen LogP contribution in [0.25, 0.3) is 0 Å². The number of allylic oxidation sites excluding steroid dienone is 8. The number of carboxylic acid groups (broad SMARTS) is 1. The number of carbonyl (C=O) groups excluding carboxylic acids is 3. The first-order valence-electron chi connectivity index (χ1n) is 30.3. The van der Waals surface area contributed by atoms with E-state index in [1.165, 1.54) is 161 Å². The molecule has 0 aliphatic heterocycles. The molecule has 2 unspecified atom stereocenters. The van der Waals surface area contributed by atoms with Gasteiger partial charge in [-0.05, 0) is 51.4 Å². The van der Waals surface area contributed by atoms with E-state index in [0.29, 0.717) is 23.9 Å². The Kier molecular flexibility index (Phi) is 52.4. The average Bonchev–Trinajstić information content (AvgIpc) is 3.35. The van der Waals surface area contributed by atoms with Crippen LogP contribution in [0.1, 0.15) is 277 Å². The van der Waals surface area contributed by atoms with Crippen LogP contribution in [-0.2, 0) is 33.3 Å². The molecule has 0 saturated heterocycles. The van der Waals surface area contributed by atoms with Crippen molar-refractivity contribution in [3.05, 3.63) is 48.6 Å². The summed E-state index contributed by atoms with van der Waals surface area (Å²) in [7, 11) is 5.92. The Hall–Kier alpha value is -2.75. The van der Waals surface area contributed by atoms with Crippen molar-refractivity contribution in [3.63, 3.8) is 0 Å². The number of ether oxygens (including phenoxy) is 4. The van der Waals surface area contributed by atoms with Crippen LogP contribution in [0.2, 0.25) is 0 Å². The third-order valence-corrected chi connectivity index (χ3v) is 13.3. The second-order valence-corrected chi connectivity index (χ2v) is 21.6. The molecule has 0 aliphatic rings. The summed E-state index contributed by atoms with van der Waals surface area (Å²) >= 11 is 0. The van der Waals surface area contributed by atoms with Gasteiger partial charge in [-0.1, -0.05) is 262 Å². The zero-order valence-corrected chi connectivity index (χ0v) is 47.8. The maximum atomic E-state index is 12.9. The van der Waals surface area contributed by atoms with E-state index in [2.05, 4.69) is 62.5 Å². The van der Waals surface area contributed by atoms with Gasteiger partial charge >= 0.3 is 11.9 Å². The number of likely N-dealkylation sites (N-methyl/N-ethyl adjacent to an activating group) is 1. The lowest BCUT2D eigenvalue weighted by Crippen LogP contribution is -2.44. The molecule has 72 heavy (non-hydrogen) atoms. The highest BCUT2D eigenvalue weighted by Gasteiger charge is 2.22. The van der Waals surface area contributed by atoms with Crippen LogP contribution < -0.4 is 5.11 Å². The molecule has 0 aliphatic carbocycles. The van der Waals surface area contributed by atoms with E-state index in [-0.39, 0.29) is 32.2 Å². The molecule has 0 amide bonds. The molecule has 0 fully saturated rings. The van der Waals surface area contributed by atoms with Crippen molar-refractivity contribution < 1.29 is 42.9 Å². The van der Waals surface area contributed by atoms with Crippen LogP contribution in [0.3, 0.4) is 0 Å². The molecular formula is C63H115NO8. The maximum Gasteiger partial charge on any atom is 0.306 e. The van der Waals surface area contributed by atoms with Crippen molar-refractivity contribution in [3.8, 4) is 0 Å². The second kappa shape index (κ2) is 54.5. The van der Waals surface area contributed by atoms with Gasteiger partial charge in [0.05, 0.1) is 40.3 Å². The van der Waals surface area contributed by atoms with Gasteiger partial charge in [0.15, 0.2) is 12.4 Å². The summed E-state index contributed by atoms with van der Waals surface area (Å²) in [6, 6.07) is 0. The predicted octanol–water partition coefficient (Wildman–Crippen LogP) is 16.5. The van der Waals surface area contributed by atoms with Gasteiger partial charge in [0, 0.05) is 12.8 Å². The van der Waals surface area contributed by atoms with E-state index < -0.39 is 24.3 Å². The van der Waals surface area contributed by atoms with Crippen LogP contribution in [0, 0.1) is 0 Å². The van der Waals surface area contributed by atoms with Gasteiger partial charge in [-0.15, -0.1) is 0 Å². The zero-order chi connectivity index (χ0) is 52.7. The number of hydrogen-bond acceptors (Lipinski definition) is 8. The summed E-state index contributed by atoms with van der Waals surface area (Å²) in [4.78, 5) is 37.3. The van der Waals surface area contributed by atoms with Crippen LogP contribution >= 0.6 is 0 Å². The van der Waals surface area contributed by atoms with Crippen molar-refractivity contribution in [2.45, 2.75) is 289 Å². The lowest BCUT2D eigenvalue weighted by atomic mass is 10.0. The highest BCUT2D eigenvalue weighted by atomic mass is 16.7. The minimum Gasteiger partial charge on any atom is -0.545 e. The van der Waals surface area contributed by atoms with Gasteiger partial charge in [-0.3, -0.25) is 9.59 Å². The molecule has 2 atom stereocenters. The lowest BCUT2D eigenvalue weighted by molar-refractivity contribution is -0.870. The topological polar surface area (TPSA) is 111 Å². The van der Waals surface area contributed by atoms with Gasteiger partial charge in [-0.25, -0.2) is 0 Å². The molecule has 0 bridgehead atoms. The van der Waals surface area contributed by atoms with Crippen LogP contribution in [-0.4, -0.2) is 82.3 Å². The molecule has 9 heteroatoms. The predicted molar refractivity (Wildman–Crippen MR) is 302 cm³/mol. The molecule has 0 N–H and O–H groups in total. The summed E-state index contributed by atoms with van der Waals surface area (Å²) in [5.41, 5.74) is 0. The van der Waals surface area contributed by atoms with Gasteiger partial charge in [-0.2, -0.15) is 0 Å². The molecule has 420 valence electrons. The fourth-order valence-electron chi connectivity index (χ4n) is 8.71. The van der Waals surface area contributed by atoms with E-state index in [1.54, 1.807) is 0 Å². The highest BCUT2D eigenvalue weighted by molar-refractivity contribution is 5.70. The normalized spacial score (nSPS) is 13.1. The fraction of sp³-hybridized carbons (Fsp3) is 0.825. The Morgan fingerprint density at radius 2 is 0.792 bits per heavy atom. The first-order valence-corrected chi connectivity index (χ1v) is 30.3. The molecule has 0 spiro atoms. The van der Waals surface area contributed by atoms with Crippen LogP contribution in [0.5, 0.6) is 0 Å². The Bertz CT molecular complexity index is 1320. The number of aliphatic carboxylic acids is 1. The molecule has 0 heterocycles. The average molecular weight is 1010 g/mol. The van der Waals surface area contributed by atoms with Gasteiger partial charge < -0.3 is 33.3 Å². The maximum absolute atomic E-state index is 12.9. The third kappa shape index (κ3) is 55.0. The Labute approximate surface area is 444 Å². The van der Waals surface area contributed by atoms with E-state index in [1.807, 2.05) is 21.1 Å². The summed E-state index contributed by atoms with van der Waals surface area (Å²) in [6.45, 7) is 4.65. The second-order valence-electron chi connectivity index (χ2n) is 21.6. The number of unbranched alkanes of at least 4 members (excludes halogenated alkanes) is 33.